The monoisotopic (exact) mass is 495 g/mol. The van der Waals surface area contributed by atoms with Crippen molar-refractivity contribution >= 4 is 50.8 Å². The Morgan fingerprint density at radius 2 is 1.81 bits per heavy atom. The van der Waals surface area contributed by atoms with Crippen LogP contribution in [0.15, 0.2) is 58.2 Å². The molecule has 3 rings (SSSR count). The maximum Gasteiger partial charge on any atom is 0.269 e. The average Bonchev–Trinajstić information content (AvgIpc) is 2.73. The van der Waals surface area contributed by atoms with Crippen LogP contribution in [0.4, 0.5) is 11.6 Å². The van der Waals surface area contributed by atoms with E-state index in [0.717, 1.165) is 12.5 Å². The van der Waals surface area contributed by atoms with E-state index in [1.165, 1.54) is 42.5 Å². The molecule has 168 valence electrons. The summed E-state index contributed by atoms with van der Waals surface area (Å²) in [6.45, 7) is 1.95. The van der Waals surface area contributed by atoms with Gasteiger partial charge in [0.1, 0.15) is 4.90 Å². The van der Waals surface area contributed by atoms with Crippen molar-refractivity contribution < 1.29 is 13.2 Å². The molecule has 4 N–H and O–H groups in total. The van der Waals surface area contributed by atoms with Gasteiger partial charge in [-0.1, -0.05) is 36.5 Å². The van der Waals surface area contributed by atoms with Crippen LogP contribution < -0.4 is 21.1 Å². The summed E-state index contributed by atoms with van der Waals surface area (Å²) in [6.07, 6.45) is 1.40. The summed E-state index contributed by atoms with van der Waals surface area (Å²) < 4.78 is 27.9. The largest absolute Gasteiger partial charge is 0.291 e. The van der Waals surface area contributed by atoms with Crippen LogP contribution in [0.2, 0.25) is 10.0 Å². The zero-order valence-corrected chi connectivity index (χ0v) is 19.1. The molecule has 0 radical (unpaired) electrons. The van der Waals surface area contributed by atoms with E-state index in [1.807, 2.05) is 6.92 Å². The lowest BCUT2D eigenvalue weighted by Gasteiger charge is -2.12. The predicted octanol–water partition coefficient (Wildman–Crippen LogP) is 3.59. The first-order valence-electron chi connectivity index (χ1n) is 9.42. The standard InChI is InChI=1S/C20H19Cl2N5O4S/c1-2-3-15-11-18(28)24-20(23-15)26-25-19(29)12-4-9-16(22)17(10-12)32(30,31)27-14-7-5-13(21)6-8-14/h4-11,27H,2-3H2,1H3,(H,25,29)(H2,23,24,26,28). The number of aryl methyl sites for hydroxylation is 1. The molecule has 0 saturated heterocycles. The van der Waals surface area contributed by atoms with Crippen LogP contribution >= 0.6 is 23.2 Å². The molecule has 1 aromatic heterocycles. The van der Waals surface area contributed by atoms with Gasteiger partial charge in [0.05, 0.1) is 5.02 Å². The van der Waals surface area contributed by atoms with E-state index in [9.17, 15) is 18.0 Å². The lowest BCUT2D eigenvalue weighted by atomic mass is 10.2. The number of hydrogen-bond donors (Lipinski definition) is 4. The van der Waals surface area contributed by atoms with Crippen molar-refractivity contribution in [3.05, 3.63) is 80.2 Å². The zero-order valence-electron chi connectivity index (χ0n) is 16.8. The molecule has 0 unspecified atom stereocenters. The highest BCUT2D eigenvalue weighted by atomic mass is 35.5. The number of aromatic amines is 1. The second kappa shape index (κ2) is 10.0. The summed E-state index contributed by atoms with van der Waals surface area (Å²) in [5.74, 6) is -0.603. The Bertz CT molecular complexity index is 1290. The molecule has 3 aromatic rings. The quantitative estimate of drug-likeness (QED) is 0.353. The molecule has 0 aliphatic carbocycles. The summed E-state index contributed by atoms with van der Waals surface area (Å²) in [5.41, 5.74) is 5.40. The molecule has 0 saturated carbocycles. The third kappa shape index (κ3) is 6.00. The first kappa shape index (κ1) is 23.6. The first-order valence-corrected chi connectivity index (χ1v) is 11.7. The van der Waals surface area contributed by atoms with Crippen molar-refractivity contribution in [2.45, 2.75) is 24.7 Å². The Morgan fingerprint density at radius 3 is 2.50 bits per heavy atom. The van der Waals surface area contributed by atoms with Gasteiger partial charge in [-0.25, -0.2) is 13.4 Å². The van der Waals surface area contributed by atoms with Crippen molar-refractivity contribution in [1.29, 1.82) is 0 Å². The number of carbonyl (C=O) groups is 1. The van der Waals surface area contributed by atoms with E-state index in [-0.39, 0.29) is 32.7 Å². The number of carbonyl (C=O) groups excluding carboxylic acids is 1. The van der Waals surface area contributed by atoms with Crippen LogP contribution in [0.25, 0.3) is 0 Å². The number of benzene rings is 2. The first-order chi connectivity index (χ1) is 15.2. The van der Waals surface area contributed by atoms with Gasteiger partial charge in [-0.05, 0) is 48.9 Å². The summed E-state index contributed by atoms with van der Waals surface area (Å²) in [5, 5.41) is 0.391. The maximum atomic E-state index is 12.8. The van der Waals surface area contributed by atoms with E-state index in [0.29, 0.717) is 17.1 Å². The second-order valence-electron chi connectivity index (χ2n) is 6.67. The fraction of sp³-hybridized carbons (Fsp3) is 0.150. The summed E-state index contributed by atoms with van der Waals surface area (Å²) in [6, 6.07) is 11.2. The predicted molar refractivity (Wildman–Crippen MR) is 124 cm³/mol. The minimum atomic E-state index is -4.08. The van der Waals surface area contributed by atoms with Gasteiger partial charge in [0.15, 0.2) is 0 Å². The number of H-pyrrole nitrogens is 1. The van der Waals surface area contributed by atoms with Crippen LogP contribution in [0, 0.1) is 0 Å². The molecular weight excluding hydrogens is 477 g/mol. The molecule has 12 heteroatoms. The number of nitrogens with zero attached hydrogens (tertiary/aromatic N) is 1. The number of hydrogen-bond acceptors (Lipinski definition) is 6. The molecule has 9 nitrogen and oxygen atoms in total. The van der Waals surface area contributed by atoms with Gasteiger partial charge < -0.3 is 0 Å². The summed E-state index contributed by atoms with van der Waals surface area (Å²) >= 11 is 11.9. The topological polar surface area (TPSA) is 133 Å². The maximum absolute atomic E-state index is 12.8. The fourth-order valence-electron chi connectivity index (χ4n) is 2.72. The highest BCUT2D eigenvalue weighted by molar-refractivity contribution is 7.92. The van der Waals surface area contributed by atoms with Gasteiger partial charge in [-0.3, -0.25) is 30.1 Å². The number of amides is 1. The Kier molecular flexibility index (Phi) is 7.39. The van der Waals surface area contributed by atoms with Crippen molar-refractivity contribution in [3.8, 4) is 0 Å². The van der Waals surface area contributed by atoms with Crippen LogP contribution in [0.1, 0.15) is 29.4 Å². The molecule has 1 amide bonds. The minimum Gasteiger partial charge on any atom is -0.291 e. The van der Waals surface area contributed by atoms with Crippen LogP contribution in [0.5, 0.6) is 0 Å². The van der Waals surface area contributed by atoms with Gasteiger partial charge in [0.25, 0.3) is 21.5 Å². The van der Waals surface area contributed by atoms with Gasteiger partial charge in [-0.15, -0.1) is 0 Å². The number of nitrogens with one attached hydrogen (secondary N) is 4. The molecule has 0 spiro atoms. The van der Waals surface area contributed by atoms with Crippen molar-refractivity contribution in [2.75, 3.05) is 10.1 Å². The van der Waals surface area contributed by atoms with Gasteiger partial charge in [0, 0.05) is 28.0 Å². The Morgan fingerprint density at radius 1 is 1.09 bits per heavy atom. The Balaban J connectivity index is 1.78. The summed E-state index contributed by atoms with van der Waals surface area (Å²) in [7, 11) is -4.08. The Labute approximate surface area is 194 Å². The molecule has 0 fully saturated rings. The molecule has 2 aromatic carbocycles. The normalized spacial score (nSPS) is 11.1. The average molecular weight is 496 g/mol. The number of halogens is 2. The number of anilines is 2. The molecule has 0 aliphatic heterocycles. The van der Waals surface area contributed by atoms with E-state index < -0.39 is 15.9 Å². The van der Waals surface area contributed by atoms with E-state index in [4.69, 9.17) is 23.2 Å². The Hall–Kier alpha value is -3.08. The van der Waals surface area contributed by atoms with Crippen molar-refractivity contribution in [1.82, 2.24) is 15.4 Å². The molecule has 32 heavy (non-hydrogen) atoms. The molecule has 0 atom stereocenters. The third-order valence-electron chi connectivity index (χ3n) is 4.17. The SMILES string of the molecule is CCCc1cc(=O)[nH]c(NNC(=O)c2ccc(Cl)c(S(=O)(=O)Nc3ccc(Cl)cc3)c2)n1. The number of rotatable bonds is 8. The van der Waals surface area contributed by atoms with Gasteiger partial charge >= 0.3 is 0 Å². The zero-order chi connectivity index (χ0) is 23.3. The number of hydrazine groups is 1. The van der Waals surface area contributed by atoms with Gasteiger partial charge in [-0.2, -0.15) is 0 Å². The van der Waals surface area contributed by atoms with Crippen LogP contribution in [0.3, 0.4) is 0 Å². The smallest absolute Gasteiger partial charge is 0.269 e. The molecular formula is C20H19Cl2N5O4S. The lowest BCUT2D eigenvalue weighted by molar-refractivity contribution is 0.0962. The van der Waals surface area contributed by atoms with E-state index in [1.54, 1.807) is 0 Å². The number of aromatic nitrogens is 2. The lowest BCUT2D eigenvalue weighted by Crippen LogP contribution is -2.31. The molecule has 0 aliphatic rings. The molecule has 0 bridgehead atoms. The second-order valence-corrected chi connectivity index (χ2v) is 9.17. The molecule has 1 heterocycles. The van der Waals surface area contributed by atoms with Crippen molar-refractivity contribution in [3.63, 3.8) is 0 Å². The van der Waals surface area contributed by atoms with E-state index in [2.05, 4.69) is 25.5 Å². The van der Waals surface area contributed by atoms with Crippen LogP contribution in [-0.2, 0) is 16.4 Å². The minimum absolute atomic E-state index is 0.0189. The van der Waals surface area contributed by atoms with Crippen molar-refractivity contribution in [2.24, 2.45) is 0 Å². The summed E-state index contributed by atoms with van der Waals surface area (Å²) in [4.78, 5) is 30.6. The van der Waals surface area contributed by atoms with Gasteiger partial charge in [0.2, 0.25) is 5.95 Å². The highest BCUT2D eigenvalue weighted by Gasteiger charge is 2.20. The highest BCUT2D eigenvalue weighted by Crippen LogP contribution is 2.25. The van der Waals surface area contributed by atoms with Crippen LogP contribution in [-0.4, -0.2) is 24.3 Å². The fourth-order valence-corrected chi connectivity index (χ4v) is 4.43. The van der Waals surface area contributed by atoms with E-state index >= 15 is 0 Å². The number of sulfonamides is 1. The third-order valence-corrected chi connectivity index (χ3v) is 6.29.